The van der Waals surface area contributed by atoms with Gasteiger partial charge in [0.15, 0.2) is 0 Å². The molecule has 12 nitrogen and oxygen atoms in total. The van der Waals surface area contributed by atoms with Gasteiger partial charge in [-0.3, -0.25) is 0 Å². The van der Waals surface area contributed by atoms with Crippen molar-refractivity contribution in [2.45, 2.75) is 32.5 Å². The number of ether oxygens (including phenoxy) is 5. The third-order valence-electron chi connectivity index (χ3n) is 5.83. The predicted molar refractivity (Wildman–Crippen MR) is 145 cm³/mol. The maximum absolute atomic E-state index is 14.0. The summed E-state index contributed by atoms with van der Waals surface area (Å²) in [6, 6.07) is 4.39. The van der Waals surface area contributed by atoms with E-state index in [1.807, 2.05) is 0 Å². The van der Waals surface area contributed by atoms with Crippen LogP contribution in [0.2, 0.25) is 10.0 Å². The van der Waals surface area contributed by atoms with Crippen LogP contribution in [0.15, 0.2) is 52.9 Å². The zero-order valence-electron chi connectivity index (χ0n) is 22.9. The lowest BCUT2D eigenvalue weighted by Gasteiger charge is -2.44. The first-order valence-electron chi connectivity index (χ1n) is 12.5. The van der Waals surface area contributed by atoms with E-state index in [4.69, 9.17) is 57.5 Å². The van der Waals surface area contributed by atoms with Gasteiger partial charge >= 0.3 is 23.9 Å². The second-order valence-electron chi connectivity index (χ2n) is 8.92. The molecular weight excluding hydrogens is 583 g/mol. The Morgan fingerprint density at radius 3 is 2.37 bits per heavy atom. The fourth-order valence-corrected chi connectivity index (χ4v) is 4.72. The van der Waals surface area contributed by atoms with Crippen molar-refractivity contribution in [2.75, 3.05) is 40.1 Å². The Morgan fingerprint density at radius 2 is 1.71 bits per heavy atom. The molecule has 1 unspecified atom stereocenters. The molecular formula is C27H30Cl2N2O10. The normalized spacial score (nSPS) is 19.8. The second kappa shape index (κ2) is 14.0. The van der Waals surface area contributed by atoms with Gasteiger partial charge in [-0.25, -0.2) is 19.2 Å². The van der Waals surface area contributed by atoms with Crippen LogP contribution in [0.3, 0.4) is 0 Å². The van der Waals surface area contributed by atoms with Gasteiger partial charge in [0.25, 0.3) is 0 Å². The van der Waals surface area contributed by atoms with Crippen molar-refractivity contribution >= 4 is 47.1 Å². The number of allylic oxidation sites excluding steroid dienone is 1. The average Bonchev–Trinajstić information content (AvgIpc) is 2.91. The van der Waals surface area contributed by atoms with E-state index in [-0.39, 0.29) is 40.2 Å². The number of halogens is 2. The molecule has 0 fully saturated rings. The molecule has 0 amide bonds. The minimum atomic E-state index is -2.39. The van der Waals surface area contributed by atoms with Crippen LogP contribution in [0, 0.1) is 0 Å². The van der Waals surface area contributed by atoms with Crippen LogP contribution in [0.1, 0.15) is 26.3 Å². The molecule has 2 bridgehead atoms. The van der Waals surface area contributed by atoms with Crippen LogP contribution in [-0.2, 0) is 53.3 Å². The molecule has 0 saturated carbocycles. The molecule has 0 aromatic heterocycles. The third-order valence-corrected chi connectivity index (χ3v) is 6.65. The minimum absolute atomic E-state index is 0.0318. The van der Waals surface area contributed by atoms with Crippen LogP contribution >= 0.6 is 23.2 Å². The topological polar surface area (TPSA) is 153 Å². The first-order chi connectivity index (χ1) is 19.5. The summed E-state index contributed by atoms with van der Waals surface area (Å²) in [5, 5.41) is 0.837. The lowest BCUT2D eigenvalue weighted by atomic mass is 9.75. The molecule has 0 radical (unpaired) electrons. The lowest BCUT2D eigenvalue weighted by Crippen LogP contribution is -2.51. The Morgan fingerprint density at radius 1 is 1.02 bits per heavy atom. The number of esters is 3. The first kappa shape index (κ1) is 32.1. The van der Waals surface area contributed by atoms with Gasteiger partial charge in [-0.1, -0.05) is 35.3 Å². The van der Waals surface area contributed by atoms with Crippen molar-refractivity contribution < 1.29 is 47.7 Å². The SMILES string of the molecule is COC(=O)C1=C(C)N2OC(=O)/C=C/C(=O)OC1(c1cccc(Cl)c1Cl)C(C(=O)OC(C)C)=C2COCCOCCN. The van der Waals surface area contributed by atoms with E-state index in [9.17, 15) is 19.2 Å². The monoisotopic (exact) mass is 612 g/mol. The Labute approximate surface area is 246 Å². The maximum atomic E-state index is 14.0. The number of fused-ring (bicyclic) bond motifs is 4. The van der Waals surface area contributed by atoms with Crippen LogP contribution in [0.4, 0.5) is 0 Å². The van der Waals surface area contributed by atoms with Crippen LogP contribution in [-0.4, -0.2) is 75.1 Å². The quantitative estimate of drug-likeness (QED) is 0.222. The van der Waals surface area contributed by atoms with E-state index in [0.717, 1.165) is 24.3 Å². The van der Waals surface area contributed by atoms with Gasteiger partial charge in [0.05, 0.1) is 61.1 Å². The molecule has 1 aromatic rings. The summed E-state index contributed by atoms with van der Waals surface area (Å²) >= 11 is 13.0. The number of hydrogen-bond donors (Lipinski definition) is 1. The standard InChI is InChI=1S/C27H30Cl2N2O10/c1-15(2)39-26(35)23-19(14-38-13-12-37-11-10-30)31-16(3)22(25(34)36-4)27(23,17-6-5-7-18(28)24(17)29)40-20(32)8-9-21(33)41-31/h5-9,15H,10-14,30H2,1-4H3/b9-8+. The summed E-state index contributed by atoms with van der Waals surface area (Å²) < 4.78 is 27.7. The molecule has 4 rings (SSSR count). The molecule has 3 heterocycles. The maximum Gasteiger partial charge on any atom is 0.356 e. The third kappa shape index (κ3) is 6.74. The molecule has 222 valence electrons. The molecule has 14 heteroatoms. The number of nitrogens with two attached hydrogens (primary N) is 1. The molecule has 0 saturated heterocycles. The Balaban J connectivity index is 2.44. The summed E-state index contributed by atoms with van der Waals surface area (Å²) in [7, 11) is 1.09. The molecule has 0 spiro atoms. The van der Waals surface area contributed by atoms with E-state index >= 15 is 0 Å². The largest absolute Gasteiger partial charge is 0.465 e. The van der Waals surface area contributed by atoms with E-state index in [2.05, 4.69) is 0 Å². The molecule has 0 aliphatic carbocycles. The number of carbonyl (C=O) groups excluding carboxylic acids is 4. The molecule has 3 aliphatic heterocycles. The van der Waals surface area contributed by atoms with Crippen LogP contribution in [0.5, 0.6) is 0 Å². The highest BCUT2D eigenvalue weighted by molar-refractivity contribution is 6.42. The van der Waals surface area contributed by atoms with Crippen molar-refractivity contribution in [3.05, 3.63) is 68.5 Å². The molecule has 41 heavy (non-hydrogen) atoms. The number of hydrogen-bond acceptors (Lipinski definition) is 12. The fourth-order valence-electron chi connectivity index (χ4n) is 4.29. The molecule has 1 aromatic carbocycles. The highest BCUT2D eigenvalue weighted by Gasteiger charge is 2.58. The van der Waals surface area contributed by atoms with Crippen LogP contribution < -0.4 is 5.73 Å². The van der Waals surface area contributed by atoms with Gasteiger partial charge in [0, 0.05) is 24.3 Å². The summed E-state index contributed by atoms with van der Waals surface area (Å²) in [6.07, 6.45) is 0.944. The Hall–Kier alpha value is -3.42. The zero-order chi connectivity index (χ0) is 30.3. The minimum Gasteiger partial charge on any atom is -0.465 e. The van der Waals surface area contributed by atoms with Gasteiger partial charge < -0.3 is 34.3 Å². The predicted octanol–water partition coefficient (Wildman–Crippen LogP) is 2.72. The van der Waals surface area contributed by atoms with Gasteiger partial charge in [-0.15, -0.1) is 0 Å². The first-order valence-corrected chi connectivity index (χ1v) is 13.2. The van der Waals surface area contributed by atoms with Gasteiger partial charge in [0.2, 0.25) is 5.60 Å². The summed E-state index contributed by atoms with van der Waals surface area (Å²) in [5.41, 5.74) is 1.99. The van der Waals surface area contributed by atoms with E-state index < -0.39 is 53.3 Å². The number of hydroxylamine groups is 2. The van der Waals surface area contributed by atoms with Gasteiger partial charge in [-0.05, 0) is 26.8 Å². The fraction of sp³-hybridized carbons (Fsp3) is 0.407. The van der Waals surface area contributed by atoms with Crippen molar-refractivity contribution in [1.82, 2.24) is 5.06 Å². The number of rotatable bonds is 11. The zero-order valence-corrected chi connectivity index (χ0v) is 24.4. The van der Waals surface area contributed by atoms with Crippen molar-refractivity contribution in [2.24, 2.45) is 5.73 Å². The van der Waals surface area contributed by atoms with Crippen molar-refractivity contribution in [3.8, 4) is 0 Å². The summed E-state index contributed by atoms with van der Waals surface area (Å²) in [5.74, 6) is -4.18. The highest BCUT2D eigenvalue weighted by Crippen LogP contribution is 2.52. The molecule has 1 atom stereocenters. The van der Waals surface area contributed by atoms with Crippen molar-refractivity contribution in [1.29, 1.82) is 0 Å². The lowest BCUT2D eigenvalue weighted by molar-refractivity contribution is -0.177. The molecule has 2 N–H and O–H groups in total. The number of methoxy groups -OCH3 is 1. The van der Waals surface area contributed by atoms with Crippen molar-refractivity contribution in [3.63, 3.8) is 0 Å². The van der Waals surface area contributed by atoms with E-state index in [1.165, 1.54) is 25.1 Å². The molecule has 3 aliphatic rings. The van der Waals surface area contributed by atoms with E-state index in [0.29, 0.717) is 13.2 Å². The summed E-state index contributed by atoms with van der Waals surface area (Å²) in [6.45, 7) is 5.00. The van der Waals surface area contributed by atoms with Gasteiger partial charge in [-0.2, -0.15) is 5.06 Å². The van der Waals surface area contributed by atoms with Crippen LogP contribution in [0.25, 0.3) is 0 Å². The number of nitrogens with zero attached hydrogens (tertiary/aromatic N) is 1. The smallest absolute Gasteiger partial charge is 0.356 e. The number of carbonyl (C=O) groups is 4. The summed E-state index contributed by atoms with van der Waals surface area (Å²) in [4.78, 5) is 58.9. The number of benzene rings is 1. The van der Waals surface area contributed by atoms with Gasteiger partial charge in [0.1, 0.15) is 11.1 Å². The Bertz CT molecular complexity index is 1310. The highest BCUT2D eigenvalue weighted by atomic mass is 35.5. The average molecular weight is 613 g/mol. The van der Waals surface area contributed by atoms with E-state index in [1.54, 1.807) is 13.8 Å². The second-order valence-corrected chi connectivity index (χ2v) is 9.71. The Kier molecular flexibility index (Phi) is 10.9.